The number of hydrogen-bond donors (Lipinski definition) is 1. The van der Waals surface area contributed by atoms with E-state index in [1.807, 2.05) is 0 Å². The highest BCUT2D eigenvalue weighted by Gasteiger charge is 2.23. The van der Waals surface area contributed by atoms with Crippen molar-refractivity contribution in [1.82, 2.24) is 4.90 Å². The van der Waals surface area contributed by atoms with Gasteiger partial charge in [-0.3, -0.25) is 9.59 Å². The van der Waals surface area contributed by atoms with Crippen molar-refractivity contribution >= 4 is 23.5 Å². The molecule has 0 aliphatic rings. The molecule has 0 aliphatic heterocycles. The Morgan fingerprint density at radius 1 is 1.38 bits per heavy atom. The van der Waals surface area contributed by atoms with E-state index >= 15 is 0 Å². The first-order chi connectivity index (χ1) is 7.56. The van der Waals surface area contributed by atoms with Crippen LogP contribution in [0.15, 0.2) is 25.3 Å². The third-order valence-electron chi connectivity index (χ3n) is 1.61. The van der Waals surface area contributed by atoms with Gasteiger partial charge in [-0.25, -0.2) is 0 Å². The Kier molecular flexibility index (Phi) is 7.24. The van der Waals surface area contributed by atoms with Crippen molar-refractivity contribution in [3.8, 4) is 0 Å². The number of ether oxygens (including phenoxy) is 1. The van der Waals surface area contributed by atoms with Crippen molar-refractivity contribution in [2.45, 2.75) is 5.56 Å². The fourth-order valence-electron chi connectivity index (χ4n) is 0.924. The van der Waals surface area contributed by atoms with E-state index in [0.717, 1.165) is 0 Å². The van der Waals surface area contributed by atoms with E-state index in [-0.39, 0.29) is 6.54 Å². The van der Waals surface area contributed by atoms with Gasteiger partial charge in [-0.1, -0.05) is 23.8 Å². The van der Waals surface area contributed by atoms with Crippen LogP contribution in [0.2, 0.25) is 0 Å². The summed E-state index contributed by atoms with van der Waals surface area (Å²) in [4.78, 5) is 23.8. The number of nitrogens with zero attached hydrogens (tertiary/aromatic N) is 1. The lowest BCUT2D eigenvalue weighted by molar-refractivity contribution is -0.153. The van der Waals surface area contributed by atoms with Crippen LogP contribution < -0.4 is 5.73 Å². The number of rotatable bonds is 7. The highest BCUT2D eigenvalue weighted by atomic mass is 35.5. The van der Waals surface area contributed by atoms with Crippen molar-refractivity contribution in [2.24, 2.45) is 5.73 Å². The summed E-state index contributed by atoms with van der Waals surface area (Å²) in [5.41, 5.74) is 3.66. The van der Waals surface area contributed by atoms with Gasteiger partial charge < -0.3 is 15.4 Å². The Balaban J connectivity index is 4.40. The molecule has 0 spiro atoms. The minimum Gasteiger partial charge on any atom is -0.435 e. The van der Waals surface area contributed by atoms with Crippen molar-refractivity contribution in [3.05, 3.63) is 25.3 Å². The second kappa shape index (κ2) is 7.90. The Morgan fingerprint density at radius 2 is 1.88 bits per heavy atom. The molecule has 0 aromatic rings. The molecule has 1 amide bonds. The van der Waals surface area contributed by atoms with Gasteiger partial charge in [0, 0.05) is 13.1 Å². The molecule has 16 heavy (non-hydrogen) atoms. The molecule has 0 aromatic heterocycles. The highest BCUT2D eigenvalue weighted by Crippen LogP contribution is 2.05. The number of nitrogens with two attached hydrogens (primary N) is 1. The van der Waals surface area contributed by atoms with Crippen molar-refractivity contribution in [3.63, 3.8) is 0 Å². The molecule has 0 saturated carbocycles. The van der Waals surface area contributed by atoms with Crippen LogP contribution in [0.3, 0.4) is 0 Å². The minimum atomic E-state index is -1.36. The summed E-state index contributed by atoms with van der Waals surface area (Å²) in [7, 11) is 0. The average molecular weight is 247 g/mol. The standard InChI is InChI=1S/C10H15ClN2O3/c1-3-5-13(6-4-2)10(15)9(11)16-8(14)7-12/h3-4,9H,1-2,5-7,12H2. The number of halogens is 1. The van der Waals surface area contributed by atoms with Crippen LogP contribution in [-0.2, 0) is 14.3 Å². The molecule has 0 saturated heterocycles. The van der Waals surface area contributed by atoms with E-state index in [4.69, 9.17) is 17.3 Å². The van der Waals surface area contributed by atoms with Gasteiger partial charge in [0.05, 0.1) is 6.54 Å². The predicted octanol–water partition coefficient (Wildman–Crippen LogP) is 0.254. The lowest BCUT2D eigenvalue weighted by Crippen LogP contribution is -2.39. The Hall–Kier alpha value is -1.33. The SMILES string of the molecule is C=CCN(CC=C)C(=O)C(Cl)OC(=O)CN. The van der Waals surface area contributed by atoms with Crippen molar-refractivity contribution in [2.75, 3.05) is 19.6 Å². The van der Waals surface area contributed by atoms with E-state index in [9.17, 15) is 9.59 Å². The summed E-state index contributed by atoms with van der Waals surface area (Å²) in [6, 6.07) is 0. The summed E-state index contributed by atoms with van der Waals surface area (Å²) >= 11 is 5.61. The van der Waals surface area contributed by atoms with Gasteiger partial charge in [0.15, 0.2) is 0 Å². The van der Waals surface area contributed by atoms with Gasteiger partial charge in [-0.15, -0.1) is 13.2 Å². The molecule has 2 N–H and O–H groups in total. The molecule has 0 aromatic carbocycles. The molecule has 5 nitrogen and oxygen atoms in total. The first-order valence-corrected chi connectivity index (χ1v) is 5.04. The lowest BCUT2D eigenvalue weighted by Gasteiger charge is -2.21. The van der Waals surface area contributed by atoms with Crippen LogP contribution in [0.5, 0.6) is 0 Å². The molecular formula is C10H15ClN2O3. The monoisotopic (exact) mass is 246 g/mol. The number of carbonyl (C=O) groups is 2. The zero-order valence-electron chi connectivity index (χ0n) is 8.89. The van der Waals surface area contributed by atoms with Gasteiger partial charge in [-0.2, -0.15) is 0 Å². The van der Waals surface area contributed by atoms with E-state index < -0.39 is 17.4 Å². The number of carbonyl (C=O) groups excluding carboxylic acids is 2. The molecule has 90 valence electrons. The summed E-state index contributed by atoms with van der Waals surface area (Å²) < 4.78 is 4.58. The van der Waals surface area contributed by atoms with Crippen LogP contribution in [0, 0.1) is 0 Å². The molecule has 0 aliphatic carbocycles. The van der Waals surface area contributed by atoms with Gasteiger partial charge in [-0.05, 0) is 0 Å². The molecule has 0 radical (unpaired) electrons. The molecule has 0 heterocycles. The quantitative estimate of drug-likeness (QED) is 0.397. The smallest absolute Gasteiger partial charge is 0.321 e. The Morgan fingerprint density at radius 3 is 2.25 bits per heavy atom. The molecule has 0 fully saturated rings. The summed E-state index contributed by atoms with van der Waals surface area (Å²) in [5, 5.41) is 0. The topological polar surface area (TPSA) is 72.6 Å². The number of alkyl halides is 1. The van der Waals surface area contributed by atoms with E-state index in [1.54, 1.807) is 0 Å². The fraction of sp³-hybridized carbons (Fsp3) is 0.400. The maximum Gasteiger partial charge on any atom is 0.321 e. The molecular weight excluding hydrogens is 232 g/mol. The second-order valence-electron chi connectivity index (χ2n) is 2.83. The first kappa shape index (κ1) is 14.7. The van der Waals surface area contributed by atoms with Gasteiger partial charge >= 0.3 is 5.97 Å². The van der Waals surface area contributed by atoms with E-state index in [2.05, 4.69) is 17.9 Å². The van der Waals surface area contributed by atoms with Crippen LogP contribution in [0.4, 0.5) is 0 Å². The second-order valence-corrected chi connectivity index (χ2v) is 3.23. The average Bonchev–Trinajstić information content (AvgIpc) is 2.27. The van der Waals surface area contributed by atoms with Crippen LogP contribution >= 0.6 is 11.6 Å². The molecule has 1 atom stereocenters. The van der Waals surface area contributed by atoms with E-state index in [1.165, 1.54) is 17.1 Å². The zero-order chi connectivity index (χ0) is 12.6. The van der Waals surface area contributed by atoms with Crippen LogP contribution in [-0.4, -0.2) is 42.0 Å². The van der Waals surface area contributed by atoms with Gasteiger partial charge in [0.25, 0.3) is 11.5 Å². The maximum atomic E-state index is 11.7. The molecule has 0 rings (SSSR count). The minimum absolute atomic E-state index is 0.300. The summed E-state index contributed by atoms with van der Waals surface area (Å²) in [5.74, 6) is -1.26. The summed E-state index contributed by atoms with van der Waals surface area (Å²) in [6.07, 6.45) is 3.07. The predicted molar refractivity (Wildman–Crippen MR) is 61.8 cm³/mol. The molecule has 1 unspecified atom stereocenters. The first-order valence-electron chi connectivity index (χ1n) is 4.61. The van der Waals surface area contributed by atoms with Crippen molar-refractivity contribution < 1.29 is 14.3 Å². The third-order valence-corrected chi connectivity index (χ3v) is 1.88. The molecule has 0 bridgehead atoms. The fourth-order valence-corrected chi connectivity index (χ4v) is 1.16. The zero-order valence-corrected chi connectivity index (χ0v) is 9.65. The highest BCUT2D eigenvalue weighted by molar-refractivity contribution is 6.30. The summed E-state index contributed by atoms with van der Waals surface area (Å²) in [6.45, 7) is 7.28. The van der Waals surface area contributed by atoms with Crippen molar-refractivity contribution in [1.29, 1.82) is 0 Å². The van der Waals surface area contributed by atoms with Crippen LogP contribution in [0.1, 0.15) is 0 Å². The third kappa shape index (κ3) is 4.95. The number of hydrogen-bond acceptors (Lipinski definition) is 4. The number of amides is 1. The molecule has 6 heteroatoms. The largest absolute Gasteiger partial charge is 0.435 e. The Bertz CT molecular complexity index is 271. The number of esters is 1. The lowest BCUT2D eigenvalue weighted by atomic mass is 10.4. The van der Waals surface area contributed by atoms with Crippen LogP contribution in [0.25, 0.3) is 0 Å². The van der Waals surface area contributed by atoms with Gasteiger partial charge in [0.1, 0.15) is 0 Å². The Labute approximate surface area is 99.5 Å². The maximum absolute atomic E-state index is 11.7. The van der Waals surface area contributed by atoms with Gasteiger partial charge in [0.2, 0.25) is 0 Å². The normalized spacial score (nSPS) is 11.4. The van der Waals surface area contributed by atoms with E-state index in [0.29, 0.717) is 13.1 Å².